The first kappa shape index (κ1) is 20.3. The van der Waals surface area contributed by atoms with Gasteiger partial charge in [-0.2, -0.15) is 13.2 Å². The van der Waals surface area contributed by atoms with Gasteiger partial charge in [0, 0.05) is 22.3 Å². The van der Waals surface area contributed by atoms with E-state index in [1.807, 2.05) is 30.3 Å². The van der Waals surface area contributed by atoms with E-state index in [1.165, 1.54) is 0 Å². The summed E-state index contributed by atoms with van der Waals surface area (Å²) in [6.07, 6.45) is -5.41. The van der Waals surface area contributed by atoms with Crippen LogP contribution in [0.15, 0.2) is 78.9 Å². The summed E-state index contributed by atoms with van der Waals surface area (Å²) >= 11 is 0. The maximum atomic E-state index is 13.6. The van der Waals surface area contributed by atoms with Crippen LogP contribution in [0.5, 0.6) is 0 Å². The first-order valence-electron chi connectivity index (χ1n) is 9.53. The van der Waals surface area contributed by atoms with Crippen molar-refractivity contribution in [3.8, 4) is 11.3 Å². The minimum atomic E-state index is -4.38. The lowest BCUT2D eigenvalue weighted by molar-refractivity contribution is -0.136. The highest BCUT2D eigenvalue weighted by molar-refractivity contribution is 6.61. The number of para-hydroxylation sites is 1. The zero-order chi connectivity index (χ0) is 21.3. The van der Waals surface area contributed by atoms with E-state index in [4.69, 9.17) is 0 Å². The van der Waals surface area contributed by atoms with Crippen LogP contribution in [0.2, 0.25) is 0 Å². The second kappa shape index (κ2) is 8.01. The minimum Gasteiger partial charge on any atom is -0.423 e. The summed E-state index contributed by atoms with van der Waals surface area (Å²) in [5.41, 5.74) is 2.94. The summed E-state index contributed by atoms with van der Waals surface area (Å²) in [6.45, 7) is 0. The standard InChI is InChI=1S/C23H19BF3NO2/c25-23(26,27)14-18(15-8-3-1-4-9-15)20-17-12-7-13-19(24(29)30)22(17)28-21(20)16-10-5-2-6-11-16/h1-13,18,28-30H,14H2. The average Bonchev–Trinajstić information content (AvgIpc) is 3.12. The van der Waals surface area contributed by atoms with Crippen molar-refractivity contribution in [1.82, 2.24) is 4.98 Å². The number of hydrogen-bond donors (Lipinski definition) is 3. The number of aromatic amines is 1. The second-order valence-electron chi connectivity index (χ2n) is 7.21. The molecule has 1 atom stereocenters. The zero-order valence-corrected chi connectivity index (χ0v) is 15.9. The molecule has 1 heterocycles. The number of benzene rings is 3. The van der Waals surface area contributed by atoms with Crippen LogP contribution < -0.4 is 5.46 Å². The van der Waals surface area contributed by atoms with Crippen molar-refractivity contribution >= 4 is 23.5 Å². The number of aromatic nitrogens is 1. The van der Waals surface area contributed by atoms with Crippen molar-refractivity contribution in [3.63, 3.8) is 0 Å². The lowest BCUT2D eigenvalue weighted by Gasteiger charge is -2.21. The average molecular weight is 409 g/mol. The molecule has 0 aliphatic rings. The van der Waals surface area contributed by atoms with E-state index in [-0.39, 0.29) is 5.46 Å². The van der Waals surface area contributed by atoms with Gasteiger partial charge in [-0.25, -0.2) is 0 Å². The molecule has 152 valence electrons. The lowest BCUT2D eigenvalue weighted by atomic mass is 9.78. The molecule has 1 unspecified atom stereocenters. The summed E-state index contributed by atoms with van der Waals surface area (Å²) in [5, 5.41) is 20.1. The number of H-pyrrole nitrogens is 1. The fraction of sp³-hybridized carbons (Fsp3) is 0.130. The van der Waals surface area contributed by atoms with Gasteiger partial charge in [0.2, 0.25) is 0 Å². The monoisotopic (exact) mass is 409 g/mol. The van der Waals surface area contributed by atoms with E-state index >= 15 is 0 Å². The SMILES string of the molecule is OB(O)c1cccc2c(C(CC(F)(F)F)c3ccccc3)c(-c3ccccc3)[nH]c12. The Hall–Kier alpha value is -3.03. The Kier molecular flexibility index (Phi) is 5.41. The molecule has 30 heavy (non-hydrogen) atoms. The summed E-state index contributed by atoms with van der Waals surface area (Å²) in [7, 11) is -1.75. The fourth-order valence-electron chi connectivity index (χ4n) is 3.97. The molecule has 4 rings (SSSR count). The normalized spacial score (nSPS) is 12.8. The number of fused-ring (bicyclic) bond motifs is 1. The third-order valence-electron chi connectivity index (χ3n) is 5.23. The van der Waals surface area contributed by atoms with Gasteiger partial charge in [-0.05, 0) is 16.7 Å². The first-order chi connectivity index (χ1) is 14.3. The van der Waals surface area contributed by atoms with Crippen LogP contribution in [0, 0.1) is 0 Å². The Bertz CT molecular complexity index is 1140. The van der Waals surface area contributed by atoms with E-state index in [1.54, 1.807) is 48.5 Å². The predicted molar refractivity (Wildman–Crippen MR) is 113 cm³/mol. The van der Waals surface area contributed by atoms with Gasteiger partial charge in [0.25, 0.3) is 0 Å². The van der Waals surface area contributed by atoms with E-state index in [9.17, 15) is 23.2 Å². The van der Waals surface area contributed by atoms with Gasteiger partial charge in [0.15, 0.2) is 0 Å². The highest BCUT2D eigenvalue weighted by Gasteiger charge is 2.36. The predicted octanol–water partition coefficient (Wildman–Crippen LogP) is 4.60. The molecule has 0 fully saturated rings. The van der Waals surface area contributed by atoms with Crippen molar-refractivity contribution in [2.45, 2.75) is 18.5 Å². The summed E-state index contributed by atoms with van der Waals surface area (Å²) in [4.78, 5) is 3.18. The van der Waals surface area contributed by atoms with Crippen molar-refractivity contribution in [2.24, 2.45) is 0 Å². The van der Waals surface area contributed by atoms with Crippen molar-refractivity contribution in [1.29, 1.82) is 0 Å². The van der Waals surface area contributed by atoms with Crippen molar-refractivity contribution < 1.29 is 23.2 Å². The maximum absolute atomic E-state index is 13.6. The van der Waals surface area contributed by atoms with Crippen LogP contribution in [0.1, 0.15) is 23.5 Å². The molecule has 0 spiro atoms. The smallest absolute Gasteiger partial charge is 0.423 e. The Balaban J connectivity index is 2.04. The zero-order valence-electron chi connectivity index (χ0n) is 15.9. The molecule has 0 amide bonds. The number of halogens is 3. The molecule has 0 bridgehead atoms. The molecule has 0 saturated carbocycles. The van der Waals surface area contributed by atoms with Crippen LogP contribution in [0.25, 0.3) is 22.2 Å². The molecule has 7 heteroatoms. The van der Waals surface area contributed by atoms with Crippen LogP contribution in [0.4, 0.5) is 13.2 Å². The molecule has 3 N–H and O–H groups in total. The van der Waals surface area contributed by atoms with E-state index in [0.717, 1.165) is 5.56 Å². The molecule has 0 aliphatic carbocycles. The Morgan fingerprint density at radius 3 is 2.07 bits per heavy atom. The van der Waals surface area contributed by atoms with E-state index in [2.05, 4.69) is 4.98 Å². The van der Waals surface area contributed by atoms with Crippen molar-refractivity contribution in [3.05, 3.63) is 90.0 Å². The fourth-order valence-corrected chi connectivity index (χ4v) is 3.97. The van der Waals surface area contributed by atoms with Gasteiger partial charge >= 0.3 is 13.3 Å². The lowest BCUT2D eigenvalue weighted by Crippen LogP contribution is -2.30. The van der Waals surface area contributed by atoms with Gasteiger partial charge in [0.05, 0.1) is 12.1 Å². The summed E-state index contributed by atoms with van der Waals surface area (Å²) in [6, 6.07) is 22.6. The molecule has 0 radical (unpaired) electrons. The molecule has 0 saturated heterocycles. The summed E-state index contributed by atoms with van der Waals surface area (Å²) < 4.78 is 40.9. The second-order valence-corrected chi connectivity index (χ2v) is 7.21. The van der Waals surface area contributed by atoms with Crippen LogP contribution in [-0.4, -0.2) is 28.3 Å². The van der Waals surface area contributed by atoms with Gasteiger partial charge in [-0.3, -0.25) is 0 Å². The highest BCUT2D eigenvalue weighted by atomic mass is 19.4. The summed E-state index contributed by atoms with van der Waals surface area (Å²) in [5.74, 6) is -0.957. The molecular weight excluding hydrogens is 390 g/mol. The topological polar surface area (TPSA) is 56.2 Å². The van der Waals surface area contributed by atoms with Crippen LogP contribution >= 0.6 is 0 Å². The van der Waals surface area contributed by atoms with E-state index < -0.39 is 25.6 Å². The Labute approximate surface area is 172 Å². The molecule has 3 aromatic carbocycles. The van der Waals surface area contributed by atoms with Crippen LogP contribution in [-0.2, 0) is 0 Å². The molecule has 1 aromatic heterocycles. The largest absolute Gasteiger partial charge is 0.490 e. The quantitative estimate of drug-likeness (QED) is 0.422. The maximum Gasteiger partial charge on any atom is 0.490 e. The van der Waals surface area contributed by atoms with Crippen LogP contribution in [0.3, 0.4) is 0 Å². The first-order valence-corrected chi connectivity index (χ1v) is 9.53. The number of nitrogens with one attached hydrogen (secondary N) is 1. The van der Waals surface area contributed by atoms with Gasteiger partial charge in [0.1, 0.15) is 0 Å². The minimum absolute atomic E-state index is 0.217. The van der Waals surface area contributed by atoms with Gasteiger partial charge in [-0.1, -0.05) is 78.9 Å². The molecule has 3 nitrogen and oxygen atoms in total. The number of hydrogen-bond acceptors (Lipinski definition) is 2. The Morgan fingerprint density at radius 1 is 0.833 bits per heavy atom. The molecular formula is C23H19BF3NO2. The van der Waals surface area contributed by atoms with Gasteiger partial charge in [-0.15, -0.1) is 0 Å². The highest BCUT2D eigenvalue weighted by Crippen LogP contribution is 2.43. The third kappa shape index (κ3) is 3.99. The molecule has 4 aromatic rings. The van der Waals surface area contributed by atoms with Crippen molar-refractivity contribution in [2.75, 3.05) is 0 Å². The van der Waals surface area contributed by atoms with E-state index in [0.29, 0.717) is 27.7 Å². The molecule has 0 aliphatic heterocycles. The number of rotatable bonds is 5. The Morgan fingerprint density at radius 2 is 1.47 bits per heavy atom. The number of alkyl halides is 3. The van der Waals surface area contributed by atoms with Gasteiger partial charge < -0.3 is 15.0 Å². The third-order valence-corrected chi connectivity index (χ3v) is 5.23.